The average Bonchev–Trinajstić information content (AvgIpc) is 2.61. The van der Waals surface area contributed by atoms with Gasteiger partial charge in [-0.05, 0) is 57.7 Å². The van der Waals surface area contributed by atoms with Crippen LogP contribution < -0.4 is 10.1 Å². The van der Waals surface area contributed by atoms with Gasteiger partial charge in [-0.3, -0.25) is 0 Å². The van der Waals surface area contributed by atoms with Gasteiger partial charge in [-0.25, -0.2) is 0 Å². The van der Waals surface area contributed by atoms with Gasteiger partial charge in [0.05, 0.1) is 4.47 Å². The molecule has 0 unspecified atom stereocenters. The fourth-order valence-electron chi connectivity index (χ4n) is 2.48. The van der Waals surface area contributed by atoms with Crippen molar-refractivity contribution in [3.05, 3.63) is 94.0 Å². The third-order valence-corrected chi connectivity index (χ3v) is 4.48. The molecular formula is C21H20BrNO. The van der Waals surface area contributed by atoms with Crippen LogP contribution in [0.1, 0.15) is 16.7 Å². The number of para-hydroxylation sites is 1. The summed E-state index contributed by atoms with van der Waals surface area (Å²) in [5.74, 6) is 0.860. The largest absolute Gasteiger partial charge is 0.488 e. The molecule has 0 aliphatic heterocycles. The molecule has 24 heavy (non-hydrogen) atoms. The second-order valence-electron chi connectivity index (χ2n) is 5.71. The van der Waals surface area contributed by atoms with E-state index >= 15 is 0 Å². The number of nitrogens with one attached hydrogen (secondary N) is 1. The van der Waals surface area contributed by atoms with Gasteiger partial charge in [0.15, 0.2) is 0 Å². The molecule has 3 rings (SSSR count). The predicted molar refractivity (Wildman–Crippen MR) is 103 cm³/mol. The molecule has 0 saturated carbocycles. The van der Waals surface area contributed by atoms with Crippen LogP contribution in [-0.2, 0) is 13.2 Å². The molecule has 0 aromatic heterocycles. The molecule has 0 fully saturated rings. The quantitative estimate of drug-likeness (QED) is 0.569. The first-order valence-corrected chi connectivity index (χ1v) is 8.76. The molecule has 0 radical (unpaired) electrons. The van der Waals surface area contributed by atoms with Gasteiger partial charge in [-0.2, -0.15) is 0 Å². The number of aryl methyl sites for hydroxylation is 1. The number of ether oxygens (including phenoxy) is 1. The summed E-state index contributed by atoms with van der Waals surface area (Å²) in [6.07, 6.45) is 0. The van der Waals surface area contributed by atoms with Crippen LogP contribution in [0.25, 0.3) is 0 Å². The average molecular weight is 382 g/mol. The second-order valence-corrected chi connectivity index (χ2v) is 6.56. The van der Waals surface area contributed by atoms with Gasteiger partial charge >= 0.3 is 0 Å². The lowest BCUT2D eigenvalue weighted by Gasteiger charge is -2.12. The molecule has 0 spiro atoms. The first kappa shape index (κ1) is 16.6. The Kier molecular flexibility index (Phi) is 5.55. The van der Waals surface area contributed by atoms with Crippen molar-refractivity contribution >= 4 is 21.6 Å². The predicted octanol–water partition coefficient (Wildman–Crippen LogP) is 5.95. The number of benzene rings is 3. The summed E-state index contributed by atoms with van der Waals surface area (Å²) < 4.78 is 6.87. The molecule has 0 saturated heterocycles. The highest BCUT2D eigenvalue weighted by molar-refractivity contribution is 9.10. The Morgan fingerprint density at radius 2 is 1.62 bits per heavy atom. The minimum atomic E-state index is 0.570. The molecule has 0 heterocycles. The van der Waals surface area contributed by atoms with Crippen molar-refractivity contribution in [3.63, 3.8) is 0 Å². The first-order valence-electron chi connectivity index (χ1n) is 7.97. The normalized spacial score (nSPS) is 10.4. The van der Waals surface area contributed by atoms with E-state index in [1.165, 1.54) is 11.1 Å². The highest BCUT2D eigenvalue weighted by Gasteiger charge is 2.04. The van der Waals surface area contributed by atoms with Crippen molar-refractivity contribution < 1.29 is 4.74 Å². The summed E-state index contributed by atoms with van der Waals surface area (Å²) in [7, 11) is 0. The zero-order valence-corrected chi connectivity index (χ0v) is 15.2. The van der Waals surface area contributed by atoms with E-state index in [2.05, 4.69) is 70.6 Å². The lowest BCUT2D eigenvalue weighted by atomic mass is 10.1. The van der Waals surface area contributed by atoms with Crippen LogP contribution in [0.3, 0.4) is 0 Å². The van der Waals surface area contributed by atoms with Gasteiger partial charge in [0, 0.05) is 12.2 Å². The highest BCUT2D eigenvalue weighted by atomic mass is 79.9. The first-order chi connectivity index (χ1) is 11.7. The van der Waals surface area contributed by atoms with Crippen molar-refractivity contribution in [2.45, 2.75) is 20.1 Å². The van der Waals surface area contributed by atoms with Crippen LogP contribution in [-0.4, -0.2) is 0 Å². The topological polar surface area (TPSA) is 21.3 Å². The van der Waals surface area contributed by atoms with E-state index in [1.807, 2.05) is 30.3 Å². The summed E-state index contributed by atoms with van der Waals surface area (Å²) >= 11 is 3.61. The standard InChI is InChI=1S/C21H20BrNO/c1-16-7-5-6-10-20(16)23-14-18-11-12-21(19(22)13-18)24-15-17-8-3-2-4-9-17/h2-13,23H,14-15H2,1H3. The Hall–Kier alpha value is -2.26. The zero-order chi connectivity index (χ0) is 16.8. The Balaban J connectivity index is 1.61. The molecule has 0 aliphatic carbocycles. The van der Waals surface area contributed by atoms with Crippen LogP contribution in [0.5, 0.6) is 5.75 Å². The molecule has 0 bridgehead atoms. The van der Waals surface area contributed by atoms with Gasteiger partial charge in [0.2, 0.25) is 0 Å². The van der Waals surface area contributed by atoms with Crippen molar-refractivity contribution in [2.24, 2.45) is 0 Å². The lowest BCUT2D eigenvalue weighted by Crippen LogP contribution is -2.01. The number of hydrogen-bond donors (Lipinski definition) is 1. The van der Waals surface area contributed by atoms with Crippen molar-refractivity contribution in [3.8, 4) is 5.75 Å². The van der Waals surface area contributed by atoms with E-state index in [4.69, 9.17) is 4.74 Å². The van der Waals surface area contributed by atoms with E-state index in [1.54, 1.807) is 0 Å². The Bertz CT molecular complexity index is 802. The zero-order valence-electron chi connectivity index (χ0n) is 13.6. The number of hydrogen-bond acceptors (Lipinski definition) is 2. The van der Waals surface area contributed by atoms with Crippen LogP contribution in [0.4, 0.5) is 5.69 Å². The van der Waals surface area contributed by atoms with Gasteiger partial charge in [-0.1, -0.05) is 54.6 Å². The van der Waals surface area contributed by atoms with Gasteiger partial charge < -0.3 is 10.1 Å². The molecule has 0 amide bonds. The smallest absolute Gasteiger partial charge is 0.134 e. The summed E-state index contributed by atoms with van der Waals surface area (Å²) in [6, 6.07) is 24.7. The number of rotatable bonds is 6. The van der Waals surface area contributed by atoms with E-state index in [-0.39, 0.29) is 0 Å². The Morgan fingerprint density at radius 3 is 2.38 bits per heavy atom. The maximum Gasteiger partial charge on any atom is 0.134 e. The van der Waals surface area contributed by atoms with Crippen LogP contribution >= 0.6 is 15.9 Å². The minimum absolute atomic E-state index is 0.570. The maximum atomic E-state index is 5.89. The molecular weight excluding hydrogens is 362 g/mol. The molecule has 0 aliphatic rings. The van der Waals surface area contributed by atoms with Crippen molar-refractivity contribution in [2.75, 3.05) is 5.32 Å². The van der Waals surface area contributed by atoms with Gasteiger partial charge in [0.1, 0.15) is 12.4 Å². The van der Waals surface area contributed by atoms with Crippen LogP contribution in [0, 0.1) is 6.92 Å². The van der Waals surface area contributed by atoms with Crippen molar-refractivity contribution in [1.82, 2.24) is 0 Å². The third-order valence-electron chi connectivity index (χ3n) is 3.86. The monoisotopic (exact) mass is 381 g/mol. The Morgan fingerprint density at radius 1 is 0.875 bits per heavy atom. The molecule has 122 valence electrons. The summed E-state index contributed by atoms with van der Waals surface area (Å²) in [6.45, 7) is 3.46. The van der Waals surface area contributed by atoms with E-state index in [0.717, 1.165) is 28.0 Å². The number of anilines is 1. The van der Waals surface area contributed by atoms with Crippen LogP contribution in [0.15, 0.2) is 77.3 Å². The van der Waals surface area contributed by atoms with Gasteiger partial charge in [0.25, 0.3) is 0 Å². The summed E-state index contributed by atoms with van der Waals surface area (Å²) in [4.78, 5) is 0. The van der Waals surface area contributed by atoms with Crippen LogP contribution in [0.2, 0.25) is 0 Å². The summed E-state index contributed by atoms with van der Waals surface area (Å²) in [5.41, 5.74) is 4.78. The SMILES string of the molecule is Cc1ccccc1NCc1ccc(OCc2ccccc2)c(Br)c1. The van der Waals surface area contributed by atoms with E-state index < -0.39 is 0 Å². The van der Waals surface area contributed by atoms with Gasteiger partial charge in [-0.15, -0.1) is 0 Å². The Labute approximate surface area is 151 Å². The molecule has 3 aromatic rings. The highest BCUT2D eigenvalue weighted by Crippen LogP contribution is 2.27. The third kappa shape index (κ3) is 4.39. The molecule has 0 atom stereocenters. The molecule has 2 nitrogen and oxygen atoms in total. The molecule has 3 heteroatoms. The fourth-order valence-corrected chi connectivity index (χ4v) is 3.02. The minimum Gasteiger partial charge on any atom is -0.488 e. The molecule has 1 N–H and O–H groups in total. The number of halogens is 1. The lowest BCUT2D eigenvalue weighted by molar-refractivity contribution is 0.304. The maximum absolute atomic E-state index is 5.89. The van der Waals surface area contributed by atoms with E-state index in [0.29, 0.717) is 6.61 Å². The van der Waals surface area contributed by atoms with E-state index in [9.17, 15) is 0 Å². The summed E-state index contributed by atoms with van der Waals surface area (Å²) in [5, 5.41) is 3.47. The second kappa shape index (κ2) is 8.02. The fraction of sp³-hybridized carbons (Fsp3) is 0.143. The van der Waals surface area contributed by atoms with Crippen molar-refractivity contribution in [1.29, 1.82) is 0 Å². The molecule has 3 aromatic carbocycles.